The lowest BCUT2D eigenvalue weighted by Crippen LogP contribution is -2.50. The second kappa shape index (κ2) is 9.15. The van der Waals surface area contributed by atoms with Crippen LogP contribution in [0.3, 0.4) is 0 Å². The Bertz CT molecular complexity index is 314. The Hall–Kier alpha value is -1.83. The van der Waals surface area contributed by atoms with Crippen molar-refractivity contribution in [3.63, 3.8) is 0 Å². The highest BCUT2D eigenvalue weighted by molar-refractivity contribution is 5.86. The monoisotopic (exact) mass is 276 g/mol. The highest BCUT2D eigenvalue weighted by Crippen LogP contribution is 1.98. The first-order valence-electron chi connectivity index (χ1n) is 5.91. The molecule has 0 saturated heterocycles. The van der Waals surface area contributed by atoms with E-state index in [0.717, 1.165) is 6.42 Å². The predicted molar refractivity (Wildman–Crippen MR) is 65.9 cm³/mol. The molecule has 2 amide bonds. The molecule has 2 atom stereocenters. The lowest BCUT2D eigenvalue weighted by atomic mass is 10.2. The maximum absolute atomic E-state index is 11.6. The molecule has 0 bridgehead atoms. The third-order valence-corrected chi connectivity index (χ3v) is 2.32. The summed E-state index contributed by atoms with van der Waals surface area (Å²) < 4.78 is 4.92. The van der Waals surface area contributed by atoms with Gasteiger partial charge >= 0.3 is 18.0 Å². The van der Waals surface area contributed by atoms with Gasteiger partial charge in [-0.2, -0.15) is 0 Å². The number of carbonyl (C=O) groups is 3. The zero-order valence-electron chi connectivity index (χ0n) is 11.0. The summed E-state index contributed by atoms with van der Waals surface area (Å²) in [4.78, 5) is 32.8. The smallest absolute Gasteiger partial charge is 0.326 e. The molecule has 0 rings (SSSR count). The summed E-state index contributed by atoms with van der Waals surface area (Å²) in [7, 11) is 1.49. The van der Waals surface area contributed by atoms with E-state index in [-0.39, 0.29) is 6.04 Å². The van der Waals surface area contributed by atoms with Crippen molar-refractivity contribution in [1.82, 2.24) is 10.6 Å². The van der Waals surface area contributed by atoms with Crippen LogP contribution in [0.2, 0.25) is 0 Å². The highest BCUT2D eigenvalue weighted by atomic mass is 16.5. The summed E-state index contributed by atoms with van der Waals surface area (Å²) >= 11 is 0. The summed E-state index contributed by atoms with van der Waals surface area (Å²) in [5.74, 6) is -2.69. The molecule has 8 nitrogen and oxygen atoms in total. The van der Waals surface area contributed by atoms with Crippen LogP contribution in [0.25, 0.3) is 0 Å². The standard InChI is InChI=1S/C11H20N2O6/c1-3-4-7(6-19-2)12-11(18)13-8(10(16)17)5-9(14)15/h7-8H,3-6H2,1-2H3,(H,14,15)(H,16,17)(H2,12,13,18). The molecular formula is C11H20N2O6. The molecule has 8 heteroatoms. The molecular weight excluding hydrogens is 256 g/mol. The van der Waals surface area contributed by atoms with Gasteiger partial charge in [-0.3, -0.25) is 4.79 Å². The Morgan fingerprint density at radius 3 is 2.26 bits per heavy atom. The van der Waals surface area contributed by atoms with E-state index in [0.29, 0.717) is 13.0 Å². The molecule has 110 valence electrons. The zero-order chi connectivity index (χ0) is 14.8. The third-order valence-electron chi connectivity index (χ3n) is 2.32. The van der Waals surface area contributed by atoms with Crippen LogP contribution < -0.4 is 10.6 Å². The fourth-order valence-corrected chi connectivity index (χ4v) is 1.51. The number of methoxy groups -OCH3 is 1. The van der Waals surface area contributed by atoms with E-state index in [1.54, 1.807) is 0 Å². The van der Waals surface area contributed by atoms with Crippen molar-refractivity contribution in [3.05, 3.63) is 0 Å². The molecule has 0 spiro atoms. The van der Waals surface area contributed by atoms with Crippen molar-refractivity contribution in [1.29, 1.82) is 0 Å². The van der Waals surface area contributed by atoms with Gasteiger partial charge in [0, 0.05) is 7.11 Å². The number of carboxylic acid groups (broad SMARTS) is 2. The van der Waals surface area contributed by atoms with Crippen molar-refractivity contribution < 1.29 is 29.3 Å². The molecule has 0 aliphatic heterocycles. The Balaban J connectivity index is 4.37. The summed E-state index contributed by atoms with van der Waals surface area (Å²) in [6.07, 6.45) is 0.829. The largest absolute Gasteiger partial charge is 0.481 e. The number of hydrogen-bond donors (Lipinski definition) is 4. The summed E-state index contributed by atoms with van der Waals surface area (Å²) in [6, 6.07) is -2.42. The minimum Gasteiger partial charge on any atom is -0.481 e. The van der Waals surface area contributed by atoms with Crippen LogP contribution in [-0.4, -0.2) is 54.0 Å². The molecule has 0 aliphatic carbocycles. The van der Waals surface area contributed by atoms with Crippen molar-refractivity contribution in [2.75, 3.05) is 13.7 Å². The molecule has 19 heavy (non-hydrogen) atoms. The van der Waals surface area contributed by atoms with E-state index in [1.807, 2.05) is 6.92 Å². The van der Waals surface area contributed by atoms with E-state index in [4.69, 9.17) is 14.9 Å². The molecule has 0 radical (unpaired) electrons. The minimum atomic E-state index is -1.46. The number of carboxylic acids is 2. The van der Waals surface area contributed by atoms with Crippen molar-refractivity contribution in [2.24, 2.45) is 0 Å². The van der Waals surface area contributed by atoms with Gasteiger partial charge in [0.25, 0.3) is 0 Å². The van der Waals surface area contributed by atoms with Crippen molar-refractivity contribution >= 4 is 18.0 Å². The lowest BCUT2D eigenvalue weighted by Gasteiger charge is -2.19. The summed E-state index contributed by atoms with van der Waals surface area (Å²) in [5.41, 5.74) is 0. The number of aliphatic carboxylic acids is 2. The van der Waals surface area contributed by atoms with Crippen LogP contribution in [0.5, 0.6) is 0 Å². The van der Waals surface area contributed by atoms with Crippen LogP contribution in [0.4, 0.5) is 4.79 Å². The lowest BCUT2D eigenvalue weighted by molar-refractivity contribution is -0.145. The molecule has 0 aromatic rings. The van der Waals surface area contributed by atoms with Gasteiger partial charge in [-0.15, -0.1) is 0 Å². The van der Waals surface area contributed by atoms with E-state index in [1.165, 1.54) is 7.11 Å². The molecule has 4 N–H and O–H groups in total. The summed E-state index contributed by atoms with van der Waals surface area (Å²) in [5, 5.41) is 22.0. The Kier molecular flexibility index (Phi) is 8.27. The fourth-order valence-electron chi connectivity index (χ4n) is 1.51. The van der Waals surface area contributed by atoms with Gasteiger partial charge < -0.3 is 25.6 Å². The summed E-state index contributed by atoms with van der Waals surface area (Å²) in [6.45, 7) is 2.24. The normalized spacial score (nSPS) is 13.4. The van der Waals surface area contributed by atoms with Gasteiger partial charge in [-0.1, -0.05) is 13.3 Å². The van der Waals surface area contributed by atoms with E-state index in [9.17, 15) is 14.4 Å². The fraction of sp³-hybridized carbons (Fsp3) is 0.727. The van der Waals surface area contributed by atoms with Crippen LogP contribution in [-0.2, 0) is 14.3 Å². The first-order valence-corrected chi connectivity index (χ1v) is 5.91. The third kappa shape index (κ3) is 7.98. The molecule has 0 aromatic carbocycles. The van der Waals surface area contributed by atoms with Crippen molar-refractivity contribution in [3.8, 4) is 0 Å². The number of urea groups is 1. The van der Waals surface area contributed by atoms with Gasteiger partial charge in [-0.05, 0) is 6.42 Å². The number of carbonyl (C=O) groups excluding carboxylic acids is 1. The average Bonchev–Trinajstić information content (AvgIpc) is 2.27. The Labute approximate surface area is 111 Å². The van der Waals surface area contributed by atoms with E-state index >= 15 is 0 Å². The average molecular weight is 276 g/mol. The molecule has 2 unspecified atom stereocenters. The molecule has 0 aromatic heterocycles. The van der Waals surface area contributed by atoms with Gasteiger partial charge in [0.2, 0.25) is 0 Å². The van der Waals surface area contributed by atoms with Gasteiger partial charge in [0.05, 0.1) is 19.1 Å². The predicted octanol–water partition coefficient (Wildman–Crippen LogP) is 0.0286. The highest BCUT2D eigenvalue weighted by Gasteiger charge is 2.23. The number of ether oxygens (including phenoxy) is 1. The minimum absolute atomic E-state index is 0.241. The topological polar surface area (TPSA) is 125 Å². The van der Waals surface area contributed by atoms with Gasteiger partial charge in [0.1, 0.15) is 6.04 Å². The molecule has 0 saturated carbocycles. The molecule has 0 fully saturated rings. The first kappa shape index (κ1) is 17.2. The Morgan fingerprint density at radius 1 is 1.21 bits per heavy atom. The first-order chi connectivity index (χ1) is 8.90. The van der Waals surface area contributed by atoms with E-state index < -0.39 is 30.4 Å². The van der Waals surface area contributed by atoms with Crippen LogP contribution in [0.15, 0.2) is 0 Å². The second-order valence-electron chi connectivity index (χ2n) is 4.05. The second-order valence-corrected chi connectivity index (χ2v) is 4.05. The number of nitrogens with one attached hydrogen (secondary N) is 2. The van der Waals surface area contributed by atoms with Gasteiger partial charge in [0.15, 0.2) is 0 Å². The van der Waals surface area contributed by atoms with Gasteiger partial charge in [-0.25, -0.2) is 9.59 Å². The maximum Gasteiger partial charge on any atom is 0.326 e. The quantitative estimate of drug-likeness (QED) is 0.471. The Morgan fingerprint density at radius 2 is 1.84 bits per heavy atom. The SMILES string of the molecule is CCCC(COC)NC(=O)NC(CC(=O)O)C(=O)O. The molecule has 0 aliphatic rings. The zero-order valence-corrected chi connectivity index (χ0v) is 11.0. The number of amides is 2. The van der Waals surface area contributed by atoms with Crippen LogP contribution in [0.1, 0.15) is 26.2 Å². The van der Waals surface area contributed by atoms with Crippen molar-refractivity contribution in [2.45, 2.75) is 38.3 Å². The number of hydrogen-bond acceptors (Lipinski definition) is 4. The molecule has 0 heterocycles. The van der Waals surface area contributed by atoms with Crippen LogP contribution in [0, 0.1) is 0 Å². The van der Waals surface area contributed by atoms with E-state index in [2.05, 4.69) is 10.6 Å². The maximum atomic E-state index is 11.6. The number of rotatable bonds is 9. The van der Waals surface area contributed by atoms with Crippen LogP contribution >= 0.6 is 0 Å².